The molecule has 0 unspecified atom stereocenters. The third kappa shape index (κ3) is 5.14. The molecular weight excluding hydrogens is 515 g/mol. The van der Waals surface area contributed by atoms with Gasteiger partial charge in [0.25, 0.3) is 11.8 Å². The van der Waals surface area contributed by atoms with E-state index in [0.717, 1.165) is 6.07 Å². The summed E-state index contributed by atoms with van der Waals surface area (Å²) in [6.45, 7) is 1.33. The van der Waals surface area contributed by atoms with Crippen molar-refractivity contribution in [1.29, 1.82) is 0 Å². The fourth-order valence-corrected chi connectivity index (χ4v) is 4.60. The third-order valence-electron chi connectivity index (χ3n) is 5.21. The van der Waals surface area contributed by atoms with Crippen LogP contribution in [0.2, 0.25) is 0 Å². The monoisotopic (exact) mass is 535 g/mol. The normalized spacial score (nSPS) is 11.4. The number of nitrogens with zero attached hydrogens (tertiary/aromatic N) is 3. The molecule has 0 atom stereocenters. The summed E-state index contributed by atoms with van der Waals surface area (Å²) < 4.78 is 57.2. The average molecular weight is 536 g/mol. The van der Waals surface area contributed by atoms with E-state index in [1.807, 2.05) is 0 Å². The lowest BCUT2D eigenvalue weighted by Gasteiger charge is -2.13. The molecule has 0 bridgehead atoms. The third-order valence-corrected chi connectivity index (χ3v) is 6.31. The van der Waals surface area contributed by atoms with Crippen molar-refractivity contribution in [2.24, 2.45) is 5.73 Å². The molecule has 0 aliphatic rings. The molecular formula is C23H20F3N5O5S. The van der Waals surface area contributed by atoms with Crippen LogP contribution in [0, 0.1) is 6.92 Å². The predicted molar refractivity (Wildman–Crippen MR) is 128 cm³/mol. The number of para-hydroxylation sites is 1. The van der Waals surface area contributed by atoms with Crippen LogP contribution in [-0.4, -0.2) is 40.8 Å². The Bertz CT molecular complexity index is 1480. The van der Waals surface area contributed by atoms with E-state index < -0.39 is 23.7 Å². The van der Waals surface area contributed by atoms with Crippen molar-refractivity contribution in [2.75, 3.05) is 19.5 Å². The van der Waals surface area contributed by atoms with Crippen LogP contribution < -0.4 is 25.3 Å². The van der Waals surface area contributed by atoms with Gasteiger partial charge in [0.2, 0.25) is 5.75 Å². The highest BCUT2D eigenvalue weighted by atomic mass is 32.1. The van der Waals surface area contributed by atoms with Gasteiger partial charge in [-0.3, -0.25) is 9.59 Å². The lowest BCUT2D eigenvalue weighted by atomic mass is 10.1. The highest BCUT2D eigenvalue weighted by Gasteiger charge is 2.34. The van der Waals surface area contributed by atoms with Crippen LogP contribution in [0.3, 0.4) is 0 Å². The molecule has 14 heteroatoms. The number of alkyl halides is 3. The van der Waals surface area contributed by atoms with E-state index in [4.69, 9.17) is 19.9 Å². The quantitative estimate of drug-likeness (QED) is 0.345. The van der Waals surface area contributed by atoms with Crippen molar-refractivity contribution in [3.8, 4) is 17.2 Å². The molecule has 3 aromatic heterocycles. The number of thiophene rings is 1. The number of pyridine rings is 1. The molecule has 0 aliphatic carbocycles. The molecule has 0 fully saturated rings. The van der Waals surface area contributed by atoms with E-state index in [0.29, 0.717) is 28.6 Å². The Labute approximate surface area is 211 Å². The summed E-state index contributed by atoms with van der Waals surface area (Å²) in [6.07, 6.45) is -3.19. The fourth-order valence-electron chi connectivity index (χ4n) is 3.54. The molecule has 1 aromatic carbocycles. The summed E-state index contributed by atoms with van der Waals surface area (Å²) in [6, 6.07) is 7.36. The zero-order valence-electron chi connectivity index (χ0n) is 19.7. The summed E-state index contributed by atoms with van der Waals surface area (Å²) in [5.41, 5.74) is 4.42. The lowest BCUT2D eigenvalue weighted by molar-refractivity contribution is -0.141. The van der Waals surface area contributed by atoms with Crippen molar-refractivity contribution in [1.82, 2.24) is 14.8 Å². The molecule has 194 valence electrons. The number of hydrogen-bond acceptors (Lipinski definition) is 8. The first-order chi connectivity index (χ1) is 17.5. The largest absolute Gasteiger partial charge is 0.493 e. The van der Waals surface area contributed by atoms with Gasteiger partial charge in [-0.15, -0.1) is 11.3 Å². The Morgan fingerprint density at radius 2 is 1.84 bits per heavy atom. The number of amides is 2. The Hall–Kier alpha value is -4.33. The van der Waals surface area contributed by atoms with E-state index in [2.05, 4.69) is 15.4 Å². The molecule has 37 heavy (non-hydrogen) atoms. The molecule has 0 saturated heterocycles. The Kier molecular flexibility index (Phi) is 6.94. The number of nitrogens with one attached hydrogen (secondary N) is 1. The highest BCUT2D eigenvalue weighted by Crippen LogP contribution is 2.40. The van der Waals surface area contributed by atoms with Gasteiger partial charge in [-0.1, -0.05) is 6.07 Å². The number of nitrogens with two attached hydrogens (primary N) is 1. The lowest BCUT2D eigenvalue weighted by Crippen LogP contribution is -2.18. The maximum Gasteiger partial charge on any atom is 0.433 e. The number of benzene rings is 1. The smallest absolute Gasteiger partial charge is 0.433 e. The number of methoxy groups -OCH3 is 2. The van der Waals surface area contributed by atoms with Crippen LogP contribution in [0.4, 0.5) is 18.9 Å². The fraction of sp³-hybridized carbons (Fsp3) is 0.217. The van der Waals surface area contributed by atoms with Gasteiger partial charge in [-0.05, 0) is 36.8 Å². The van der Waals surface area contributed by atoms with E-state index in [9.17, 15) is 22.8 Å². The number of aryl methyl sites for hydroxylation is 1. The Morgan fingerprint density at radius 3 is 2.43 bits per heavy atom. The number of carbonyl (C=O) groups is 2. The second kappa shape index (κ2) is 9.97. The first-order valence-corrected chi connectivity index (χ1v) is 11.3. The van der Waals surface area contributed by atoms with Crippen molar-refractivity contribution < 1.29 is 37.0 Å². The molecule has 3 N–H and O–H groups in total. The van der Waals surface area contributed by atoms with Crippen molar-refractivity contribution in [3.63, 3.8) is 0 Å². The Morgan fingerprint density at radius 1 is 1.16 bits per heavy atom. The van der Waals surface area contributed by atoms with Crippen LogP contribution >= 0.6 is 11.3 Å². The molecule has 10 nitrogen and oxygen atoms in total. The summed E-state index contributed by atoms with van der Waals surface area (Å²) in [4.78, 5) is 28.3. The molecule has 3 heterocycles. The SMILES string of the molecule is COc1cccc(OC)c1OCn1ccc(C(=O)Nc2c(C(N)=O)sc3nc(C(F)(F)F)cc(C)c23)n1. The topological polar surface area (TPSA) is 131 Å². The minimum absolute atomic E-state index is 0.0271. The standard InChI is InChI=1S/C23H20F3N5O5S/c1-11-9-15(23(24,25)26)28-22-16(11)17(19(37-22)20(27)32)29-21(33)12-7-8-31(30-12)10-36-18-13(34-2)5-4-6-14(18)35-3/h4-9H,10H2,1-3H3,(H2,27,32)(H,29,33). The van der Waals surface area contributed by atoms with Crippen molar-refractivity contribution in [3.05, 3.63) is 58.4 Å². The number of aromatic nitrogens is 3. The number of anilines is 1. The highest BCUT2D eigenvalue weighted by molar-refractivity contribution is 7.21. The predicted octanol–water partition coefficient (Wildman–Crippen LogP) is 4.22. The van der Waals surface area contributed by atoms with E-state index in [-0.39, 0.29) is 38.8 Å². The number of carbonyl (C=O) groups excluding carboxylic acids is 2. The van der Waals surface area contributed by atoms with E-state index in [1.54, 1.807) is 18.2 Å². The van der Waals surface area contributed by atoms with Gasteiger partial charge in [0.1, 0.15) is 15.4 Å². The minimum atomic E-state index is -4.68. The van der Waals surface area contributed by atoms with Gasteiger partial charge in [-0.25, -0.2) is 9.67 Å². The second-order valence-electron chi connectivity index (χ2n) is 7.63. The molecule has 0 aliphatic heterocycles. The number of primary amides is 1. The minimum Gasteiger partial charge on any atom is -0.493 e. The van der Waals surface area contributed by atoms with Crippen molar-refractivity contribution >= 4 is 39.1 Å². The summed E-state index contributed by atoms with van der Waals surface area (Å²) >= 11 is 0.662. The summed E-state index contributed by atoms with van der Waals surface area (Å²) in [5, 5.41) is 6.89. The maximum absolute atomic E-state index is 13.2. The number of hydrogen-bond donors (Lipinski definition) is 2. The van der Waals surface area contributed by atoms with Gasteiger partial charge in [0.15, 0.2) is 23.9 Å². The van der Waals surface area contributed by atoms with Crippen LogP contribution in [0.1, 0.15) is 31.4 Å². The molecule has 2 amide bonds. The van der Waals surface area contributed by atoms with Gasteiger partial charge < -0.3 is 25.3 Å². The first kappa shape index (κ1) is 25.8. The molecule has 4 aromatic rings. The molecule has 0 saturated carbocycles. The van der Waals surface area contributed by atoms with Crippen LogP contribution in [0.25, 0.3) is 10.2 Å². The van der Waals surface area contributed by atoms with Gasteiger partial charge in [0.05, 0.1) is 19.9 Å². The van der Waals surface area contributed by atoms with Crippen molar-refractivity contribution in [2.45, 2.75) is 19.8 Å². The van der Waals surface area contributed by atoms with Gasteiger partial charge in [0, 0.05) is 11.6 Å². The number of rotatable bonds is 8. The van der Waals surface area contributed by atoms with Gasteiger partial charge >= 0.3 is 6.18 Å². The maximum atomic E-state index is 13.2. The number of halogens is 3. The number of fused-ring (bicyclic) bond motifs is 1. The van der Waals surface area contributed by atoms with Crippen LogP contribution in [0.5, 0.6) is 17.2 Å². The zero-order chi connectivity index (χ0) is 26.9. The molecule has 0 spiro atoms. The molecule has 4 rings (SSSR count). The van der Waals surface area contributed by atoms with Crippen LogP contribution in [-0.2, 0) is 12.9 Å². The van der Waals surface area contributed by atoms with E-state index >= 15 is 0 Å². The molecule has 0 radical (unpaired) electrons. The Balaban J connectivity index is 1.59. The summed E-state index contributed by atoms with van der Waals surface area (Å²) in [5.74, 6) is -0.423. The first-order valence-electron chi connectivity index (χ1n) is 10.5. The van der Waals surface area contributed by atoms with Crippen LogP contribution in [0.15, 0.2) is 36.5 Å². The second-order valence-corrected chi connectivity index (χ2v) is 8.63. The van der Waals surface area contributed by atoms with E-state index in [1.165, 1.54) is 38.1 Å². The average Bonchev–Trinajstić information content (AvgIpc) is 3.47. The summed E-state index contributed by atoms with van der Waals surface area (Å²) in [7, 11) is 2.96. The number of ether oxygens (including phenoxy) is 3. The van der Waals surface area contributed by atoms with Gasteiger partial charge in [-0.2, -0.15) is 18.3 Å². The zero-order valence-corrected chi connectivity index (χ0v) is 20.5.